The minimum absolute atomic E-state index is 0. The highest BCUT2D eigenvalue weighted by molar-refractivity contribution is 5.53. The Morgan fingerprint density at radius 3 is 2.33 bits per heavy atom. The maximum atomic E-state index is 9.75. The van der Waals surface area contributed by atoms with Crippen LogP contribution in [0.15, 0.2) is 0 Å². The average molecular weight is 177 g/mol. The number of hydrogen-bond donors (Lipinski definition) is 1. The minimum atomic E-state index is -1.42. The molecule has 0 fully saturated rings. The fraction of sp³-hybridized carbons (Fsp3) is 0.875. The molecule has 4 nitrogen and oxygen atoms in total. The van der Waals surface area contributed by atoms with Crippen LogP contribution in [-0.4, -0.2) is 12.8 Å². The molecule has 0 heterocycles. The zero-order valence-electron chi connectivity index (χ0n) is 7.97. The summed E-state index contributed by atoms with van der Waals surface area (Å²) in [7, 11) is 0. The molecule has 0 saturated carbocycles. The summed E-state index contributed by atoms with van der Waals surface area (Å²) in [5.41, 5.74) is 0. The first-order valence-electron chi connectivity index (χ1n) is 4.11. The van der Waals surface area contributed by atoms with Crippen molar-refractivity contribution < 1.29 is 14.6 Å². The number of ether oxygens (including phenoxy) is 1. The van der Waals surface area contributed by atoms with Crippen LogP contribution in [0, 0.1) is 0 Å². The number of carbonyl (C=O) groups excluding carboxylic acids is 1. The Morgan fingerprint density at radius 2 is 1.83 bits per heavy atom. The summed E-state index contributed by atoms with van der Waals surface area (Å²) >= 11 is 0. The third-order valence-electron chi connectivity index (χ3n) is 1.47. The molecule has 4 N–H and O–H groups in total. The summed E-state index contributed by atoms with van der Waals surface area (Å²) in [6.07, 6.45) is 4.01. The normalized spacial score (nSPS) is 8.75. The van der Waals surface area contributed by atoms with Gasteiger partial charge in [-0.05, 0) is 6.42 Å². The minimum Gasteiger partial charge on any atom is -0.550 e. The fourth-order valence-corrected chi connectivity index (χ4v) is 0.861. The Hall–Kier alpha value is -0.770. The first-order valence-corrected chi connectivity index (χ1v) is 4.11. The Morgan fingerprint density at radius 1 is 1.25 bits per heavy atom. The third kappa shape index (κ3) is 12.0. The Balaban J connectivity index is 0. The van der Waals surface area contributed by atoms with Gasteiger partial charge in [-0.25, -0.2) is 0 Å². The Kier molecular flexibility index (Phi) is 11.8. The van der Waals surface area contributed by atoms with Crippen LogP contribution in [0.5, 0.6) is 0 Å². The van der Waals surface area contributed by atoms with Crippen molar-refractivity contribution in [1.29, 1.82) is 0 Å². The van der Waals surface area contributed by atoms with Crippen LogP contribution < -0.4 is 11.3 Å². The van der Waals surface area contributed by atoms with E-state index < -0.39 is 6.16 Å². The van der Waals surface area contributed by atoms with Gasteiger partial charge in [0, 0.05) is 6.61 Å². The van der Waals surface area contributed by atoms with Gasteiger partial charge < -0.3 is 20.8 Å². The molecule has 12 heavy (non-hydrogen) atoms. The summed E-state index contributed by atoms with van der Waals surface area (Å²) in [5.74, 6) is 0. The molecule has 0 atom stereocenters. The van der Waals surface area contributed by atoms with E-state index in [4.69, 9.17) is 0 Å². The van der Waals surface area contributed by atoms with Crippen LogP contribution in [0.3, 0.4) is 0 Å². The SMILES string of the molecule is CCCCCCCOC(=O)[O-].[NH4+]. The highest BCUT2D eigenvalue weighted by atomic mass is 16.7. The van der Waals surface area contributed by atoms with E-state index in [1.54, 1.807) is 0 Å². The number of quaternary nitrogens is 1. The maximum Gasteiger partial charge on any atom is 0.251 e. The van der Waals surface area contributed by atoms with E-state index in [9.17, 15) is 9.90 Å². The molecule has 0 amide bonds. The number of carboxylic acid groups (broad SMARTS) is 1. The van der Waals surface area contributed by atoms with Crippen LogP contribution in [0.1, 0.15) is 39.0 Å². The van der Waals surface area contributed by atoms with E-state index in [1.807, 2.05) is 0 Å². The van der Waals surface area contributed by atoms with E-state index in [-0.39, 0.29) is 12.8 Å². The quantitative estimate of drug-likeness (QED) is 0.494. The zero-order valence-corrected chi connectivity index (χ0v) is 7.97. The van der Waals surface area contributed by atoms with Crippen molar-refractivity contribution in [1.82, 2.24) is 6.15 Å². The fourth-order valence-electron chi connectivity index (χ4n) is 0.861. The molecule has 0 spiro atoms. The number of rotatable bonds is 6. The second kappa shape index (κ2) is 10.2. The zero-order chi connectivity index (χ0) is 8.53. The van der Waals surface area contributed by atoms with Crippen molar-refractivity contribution in [3.8, 4) is 0 Å². The Labute approximate surface area is 73.5 Å². The number of carbonyl (C=O) groups is 1. The molecule has 0 bridgehead atoms. The van der Waals surface area contributed by atoms with Gasteiger partial charge in [0.1, 0.15) is 0 Å². The van der Waals surface area contributed by atoms with Gasteiger partial charge in [0.25, 0.3) is 6.16 Å². The summed E-state index contributed by atoms with van der Waals surface area (Å²) in [6.45, 7) is 2.42. The van der Waals surface area contributed by atoms with Crippen molar-refractivity contribution in [2.24, 2.45) is 0 Å². The first-order chi connectivity index (χ1) is 5.27. The smallest absolute Gasteiger partial charge is 0.251 e. The first kappa shape index (κ1) is 13.8. The highest BCUT2D eigenvalue weighted by Crippen LogP contribution is 2.01. The van der Waals surface area contributed by atoms with E-state index in [0.717, 1.165) is 19.3 Å². The molecule has 0 saturated heterocycles. The lowest BCUT2D eigenvalue weighted by Gasteiger charge is -2.06. The van der Waals surface area contributed by atoms with Gasteiger partial charge in [0.2, 0.25) is 0 Å². The summed E-state index contributed by atoms with van der Waals surface area (Å²) in [5, 5.41) is 9.75. The van der Waals surface area contributed by atoms with Crippen LogP contribution >= 0.6 is 0 Å². The number of unbranched alkanes of at least 4 members (excludes halogenated alkanes) is 4. The van der Waals surface area contributed by atoms with Gasteiger partial charge >= 0.3 is 0 Å². The van der Waals surface area contributed by atoms with Gasteiger partial charge in [0.15, 0.2) is 0 Å². The second-order valence-corrected chi connectivity index (χ2v) is 2.51. The van der Waals surface area contributed by atoms with E-state index in [1.165, 1.54) is 12.8 Å². The predicted octanol–water partition coefficient (Wildman–Crippen LogP) is 1.69. The van der Waals surface area contributed by atoms with Crippen molar-refractivity contribution >= 4 is 6.16 Å². The predicted molar refractivity (Wildman–Crippen MR) is 46.1 cm³/mol. The lowest BCUT2D eigenvalue weighted by molar-refractivity contribution is -0.282. The molecule has 0 aliphatic rings. The molecule has 0 radical (unpaired) electrons. The van der Waals surface area contributed by atoms with E-state index in [0.29, 0.717) is 0 Å². The van der Waals surface area contributed by atoms with Crippen molar-refractivity contribution in [3.05, 3.63) is 0 Å². The van der Waals surface area contributed by atoms with Gasteiger partial charge in [-0.15, -0.1) is 0 Å². The molecule has 0 rings (SSSR count). The molecule has 4 heteroatoms. The van der Waals surface area contributed by atoms with Gasteiger partial charge in [-0.2, -0.15) is 0 Å². The average Bonchev–Trinajstić information content (AvgIpc) is 1.96. The third-order valence-corrected chi connectivity index (χ3v) is 1.47. The molecule has 0 aromatic heterocycles. The topological polar surface area (TPSA) is 85.9 Å². The van der Waals surface area contributed by atoms with Crippen LogP contribution in [0.4, 0.5) is 4.79 Å². The van der Waals surface area contributed by atoms with Crippen molar-refractivity contribution in [3.63, 3.8) is 0 Å². The van der Waals surface area contributed by atoms with Crippen molar-refractivity contribution in [2.75, 3.05) is 6.61 Å². The molecule has 0 aromatic rings. The van der Waals surface area contributed by atoms with Crippen LogP contribution in [-0.2, 0) is 4.74 Å². The molecule has 0 aromatic carbocycles. The second-order valence-electron chi connectivity index (χ2n) is 2.51. The molecular formula is C8H19NO3. The largest absolute Gasteiger partial charge is 0.550 e. The summed E-state index contributed by atoms with van der Waals surface area (Å²) in [6, 6.07) is 0. The van der Waals surface area contributed by atoms with Crippen LogP contribution in [0.25, 0.3) is 0 Å². The van der Waals surface area contributed by atoms with E-state index in [2.05, 4.69) is 11.7 Å². The van der Waals surface area contributed by atoms with Crippen molar-refractivity contribution in [2.45, 2.75) is 39.0 Å². The molecule has 0 unspecified atom stereocenters. The standard InChI is InChI=1S/C8H16O3.H3N/c1-2-3-4-5-6-7-11-8(9)10;/h2-7H2,1H3,(H,9,10);1H3. The maximum absolute atomic E-state index is 9.75. The molecule has 0 aliphatic carbocycles. The van der Waals surface area contributed by atoms with Gasteiger partial charge in [-0.1, -0.05) is 32.6 Å². The lowest BCUT2D eigenvalue weighted by Crippen LogP contribution is -2.23. The molecule has 74 valence electrons. The molecular weight excluding hydrogens is 158 g/mol. The molecule has 0 aliphatic heterocycles. The summed E-state index contributed by atoms with van der Waals surface area (Å²) in [4.78, 5) is 9.75. The lowest BCUT2D eigenvalue weighted by atomic mass is 10.2. The van der Waals surface area contributed by atoms with Gasteiger partial charge in [0.05, 0.1) is 0 Å². The van der Waals surface area contributed by atoms with Crippen LogP contribution in [0.2, 0.25) is 0 Å². The highest BCUT2D eigenvalue weighted by Gasteiger charge is 1.87. The number of hydrogen-bond acceptors (Lipinski definition) is 3. The Bertz CT molecular complexity index is 106. The van der Waals surface area contributed by atoms with Gasteiger partial charge in [-0.3, -0.25) is 0 Å². The van der Waals surface area contributed by atoms with E-state index >= 15 is 0 Å². The summed E-state index contributed by atoms with van der Waals surface area (Å²) < 4.78 is 4.23. The monoisotopic (exact) mass is 177 g/mol.